The van der Waals surface area contributed by atoms with Gasteiger partial charge in [0.15, 0.2) is 0 Å². The van der Waals surface area contributed by atoms with E-state index in [1.54, 1.807) is 26.6 Å². The summed E-state index contributed by atoms with van der Waals surface area (Å²) in [4.78, 5) is 23.6. The first kappa shape index (κ1) is 21.9. The lowest BCUT2D eigenvalue weighted by molar-refractivity contribution is -0.132. The summed E-state index contributed by atoms with van der Waals surface area (Å²) < 4.78 is 18.2. The number of hydrogen-bond donors (Lipinski definition) is 0. The van der Waals surface area contributed by atoms with Crippen LogP contribution in [0, 0.1) is 0 Å². The van der Waals surface area contributed by atoms with Gasteiger partial charge in [-0.05, 0) is 49.6 Å². The Morgan fingerprint density at radius 3 is 2.50 bits per heavy atom. The quantitative estimate of drug-likeness (QED) is 0.407. The van der Waals surface area contributed by atoms with Crippen molar-refractivity contribution in [1.29, 1.82) is 0 Å². The highest BCUT2D eigenvalue weighted by atomic mass is 16.5. The number of fused-ring (bicyclic) bond motifs is 1. The topological polar surface area (TPSA) is 95.5 Å². The number of carbonyl (C=O) groups excluding carboxylic acids is 1. The molecule has 0 aliphatic carbocycles. The smallest absolute Gasteiger partial charge is 0.258 e. The second kappa shape index (κ2) is 9.54. The van der Waals surface area contributed by atoms with Gasteiger partial charge in [-0.15, -0.1) is 0 Å². The van der Waals surface area contributed by atoms with E-state index in [1.165, 1.54) is 6.42 Å². The number of hydrogen-bond acceptors (Lipinski definition) is 7. The Kier molecular flexibility index (Phi) is 6.16. The lowest BCUT2D eigenvalue weighted by Gasteiger charge is -2.26. The monoisotopic (exact) mass is 461 g/mol. The lowest BCUT2D eigenvalue weighted by Crippen LogP contribution is -2.35. The van der Waals surface area contributed by atoms with Crippen molar-refractivity contribution in [1.82, 2.24) is 24.6 Å². The number of rotatable bonds is 7. The van der Waals surface area contributed by atoms with Crippen molar-refractivity contribution < 1.29 is 18.8 Å². The Bertz CT molecular complexity index is 1280. The van der Waals surface area contributed by atoms with E-state index in [2.05, 4.69) is 15.1 Å². The fourth-order valence-electron chi connectivity index (χ4n) is 4.29. The first-order valence-corrected chi connectivity index (χ1v) is 11.4. The molecule has 1 aliphatic heterocycles. The second-order valence-corrected chi connectivity index (χ2v) is 8.36. The Hall–Kier alpha value is -3.88. The average molecular weight is 462 g/mol. The number of amides is 1. The van der Waals surface area contributed by atoms with Crippen LogP contribution in [0.5, 0.6) is 11.5 Å². The van der Waals surface area contributed by atoms with Crippen LogP contribution in [-0.2, 0) is 11.3 Å². The molecule has 0 spiro atoms. The van der Waals surface area contributed by atoms with Crippen LogP contribution in [-0.4, -0.2) is 57.8 Å². The van der Waals surface area contributed by atoms with Gasteiger partial charge in [0.2, 0.25) is 11.7 Å². The number of aryl methyl sites for hydroxylation is 1. The molecule has 5 rings (SSSR count). The van der Waals surface area contributed by atoms with Gasteiger partial charge in [0.1, 0.15) is 11.5 Å². The number of methoxy groups -OCH3 is 2. The van der Waals surface area contributed by atoms with Crippen LogP contribution in [0.2, 0.25) is 0 Å². The predicted molar refractivity (Wildman–Crippen MR) is 127 cm³/mol. The van der Waals surface area contributed by atoms with Crippen LogP contribution >= 0.6 is 0 Å². The van der Waals surface area contributed by atoms with Crippen LogP contribution in [0.25, 0.3) is 33.9 Å². The molecule has 4 aromatic rings. The van der Waals surface area contributed by atoms with Crippen molar-refractivity contribution >= 4 is 16.9 Å². The van der Waals surface area contributed by atoms with Crippen molar-refractivity contribution in [2.45, 2.75) is 32.2 Å². The molecule has 0 bridgehead atoms. The molecule has 9 nitrogen and oxygen atoms in total. The Labute approximate surface area is 197 Å². The minimum Gasteiger partial charge on any atom is -0.497 e. The molecule has 9 heteroatoms. The molecule has 1 fully saturated rings. The van der Waals surface area contributed by atoms with E-state index in [9.17, 15) is 4.79 Å². The van der Waals surface area contributed by atoms with E-state index in [-0.39, 0.29) is 5.91 Å². The molecule has 34 heavy (non-hydrogen) atoms. The number of benzene rings is 2. The van der Waals surface area contributed by atoms with Gasteiger partial charge in [-0.1, -0.05) is 5.16 Å². The zero-order chi connectivity index (χ0) is 23.5. The summed E-state index contributed by atoms with van der Waals surface area (Å²) in [7, 11) is 3.19. The van der Waals surface area contributed by atoms with Crippen LogP contribution in [0.3, 0.4) is 0 Å². The molecule has 1 saturated heterocycles. The highest BCUT2D eigenvalue weighted by molar-refractivity contribution is 5.81. The molecular formula is C25H27N5O4. The molecule has 2 aromatic heterocycles. The van der Waals surface area contributed by atoms with Crippen molar-refractivity contribution in [2.24, 2.45) is 0 Å². The average Bonchev–Trinajstić information content (AvgIpc) is 3.54. The number of carbonyl (C=O) groups is 1. The Morgan fingerprint density at radius 1 is 1.00 bits per heavy atom. The van der Waals surface area contributed by atoms with Crippen molar-refractivity contribution in [3.63, 3.8) is 0 Å². The van der Waals surface area contributed by atoms with E-state index in [4.69, 9.17) is 14.0 Å². The maximum Gasteiger partial charge on any atom is 0.258 e. The molecule has 0 N–H and O–H groups in total. The van der Waals surface area contributed by atoms with Gasteiger partial charge < -0.3 is 23.5 Å². The summed E-state index contributed by atoms with van der Waals surface area (Å²) in [5.74, 6) is 2.33. The number of piperidine rings is 1. The first-order chi connectivity index (χ1) is 16.6. The van der Waals surface area contributed by atoms with E-state index in [0.717, 1.165) is 42.5 Å². The summed E-state index contributed by atoms with van der Waals surface area (Å²) in [5.41, 5.74) is 3.29. The van der Waals surface area contributed by atoms with Crippen molar-refractivity contribution in [3.8, 4) is 34.3 Å². The van der Waals surface area contributed by atoms with E-state index in [0.29, 0.717) is 41.7 Å². The molecule has 1 aliphatic rings. The summed E-state index contributed by atoms with van der Waals surface area (Å²) >= 11 is 0. The van der Waals surface area contributed by atoms with Gasteiger partial charge in [-0.25, -0.2) is 4.98 Å². The van der Waals surface area contributed by atoms with Crippen molar-refractivity contribution in [2.75, 3.05) is 27.3 Å². The highest BCUT2D eigenvalue weighted by Gasteiger charge is 2.17. The highest BCUT2D eigenvalue weighted by Crippen LogP contribution is 2.30. The molecular weight excluding hydrogens is 434 g/mol. The predicted octanol–water partition coefficient (Wildman–Crippen LogP) is 4.17. The standard InChI is InChI=1S/C25H27N5O4/c1-32-19-12-18(13-20(15-19)33-2)25-27-24(28-34-25)17-6-7-22-21(14-17)26-16-30(22)11-8-23(31)29-9-4-3-5-10-29/h6-7,12-16H,3-5,8-11H2,1-2H3. The molecule has 176 valence electrons. The number of likely N-dealkylation sites (tertiary alicyclic amines) is 1. The zero-order valence-electron chi connectivity index (χ0n) is 19.4. The number of imidazole rings is 1. The van der Waals surface area contributed by atoms with Gasteiger partial charge in [-0.2, -0.15) is 4.98 Å². The number of ether oxygens (including phenoxy) is 2. The number of aromatic nitrogens is 4. The molecule has 2 aromatic carbocycles. The largest absolute Gasteiger partial charge is 0.497 e. The minimum absolute atomic E-state index is 0.215. The Balaban J connectivity index is 1.33. The maximum absolute atomic E-state index is 12.5. The Morgan fingerprint density at radius 2 is 1.76 bits per heavy atom. The van der Waals surface area contributed by atoms with Gasteiger partial charge in [0, 0.05) is 43.2 Å². The third kappa shape index (κ3) is 4.46. The van der Waals surface area contributed by atoms with E-state index in [1.807, 2.05) is 39.8 Å². The molecule has 0 atom stereocenters. The van der Waals surface area contributed by atoms with Crippen LogP contribution in [0.1, 0.15) is 25.7 Å². The molecule has 0 saturated carbocycles. The van der Waals surface area contributed by atoms with Gasteiger partial charge >= 0.3 is 0 Å². The molecule has 3 heterocycles. The fourth-order valence-corrected chi connectivity index (χ4v) is 4.29. The summed E-state index contributed by atoms with van der Waals surface area (Å²) in [6.45, 7) is 2.36. The minimum atomic E-state index is 0.215. The third-order valence-electron chi connectivity index (χ3n) is 6.18. The van der Waals surface area contributed by atoms with E-state index < -0.39 is 0 Å². The molecule has 0 unspecified atom stereocenters. The van der Waals surface area contributed by atoms with Gasteiger partial charge in [0.25, 0.3) is 5.89 Å². The molecule has 1 amide bonds. The SMILES string of the molecule is COc1cc(OC)cc(-c2nc(-c3ccc4c(c3)ncn4CCC(=O)N3CCCCC3)no2)c1. The van der Waals surface area contributed by atoms with E-state index >= 15 is 0 Å². The fraction of sp³-hybridized carbons (Fsp3) is 0.360. The lowest BCUT2D eigenvalue weighted by atomic mass is 10.1. The van der Waals surface area contributed by atoms with Gasteiger partial charge in [-0.3, -0.25) is 4.79 Å². The second-order valence-electron chi connectivity index (χ2n) is 8.36. The zero-order valence-corrected chi connectivity index (χ0v) is 19.4. The van der Waals surface area contributed by atoms with Crippen molar-refractivity contribution in [3.05, 3.63) is 42.7 Å². The van der Waals surface area contributed by atoms with Crippen LogP contribution in [0.4, 0.5) is 0 Å². The maximum atomic E-state index is 12.5. The third-order valence-corrected chi connectivity index (χ3v) is 6.18. The van der Waals surface area contributed by atoms with Crippen LogP contribution in [0.15, 0.2) is 47.2 Å². The molecule has 0 radical (unpaired) electrons. The summed E-state index contributed by atoms with van der Waals surface area (Å²) in [5, 5.41) is 4.15. The van der Waals surface area contributed by atoms with Gasteiger partial charge in [0.05, 0.1) is 31.6 Å². The number of nitrogens with zero attached hydrogens (tertiary/aromatic N) is 5. The van der Waals surface area contributed by atoms with Crippen LogP contribution < -0.4 is 9.47 Å². The summed E-state index contributed by atoms with van der Waals surface area (Å²) in [6, 6.07) is 11.3. The normalized spacial score (nSPS) is 13.9. The summed E-state index contributed by atoms with van der Waals surface area (Å²) in [6.07, 6.45) is 5.68. The first-order valence-electron chi connectivity index (χ1n) is 11.4.